The third-order valence-electron chi connectivity index (χ3n) is 4.03. The summed E-state index contributed by atoms with van der Waals surface area (Å²) in [7, 11) is 0. The highest BCUT2D eigenvalue weighted by atomic mass is 14.9. The first-order valence-corrected chi connectivity index (χ1v) is 7.18. The normalized spacial score (nSPS) is 17.9. The fraction of sp³-hybridized carbons (Fsp3) is 0.333. The molecule has 0 amide bonds. The molecule has 0 spiro atoms. The Bertz CT molecular complexity index is 557. The molecule has 1 aliphatic rings. The molecule has 1 nitrogen and oxygen atoms in total. The molecule has 2 aromatic rings. The first-order chi connectivity index (χ1) is 9.24. The van der Waals surface area contributed by atoms with Crippen molar-refractivity contribution < 1.29 is 0 Å². The Balaban J connectivity index is 1.85. The molecular formula is C18H21N. The molecule has 0 saturated carbocycles. The quantitative estimate of drug-likeness (QED) is 0.799. The smallest absolute Gasteiger partial charge is 0.0517 e. The fourth-order valence-corrected chi connectivity index (χ4v) is 2.82. The van der Waals surface area contributed by atoms with Crippen molar-refractivity contribution in [2.75, 3.05) is 5.32 Å². The summed E-state index contributed by atoms with van der Waals surface area (Å²) >= 11 is 0. The fourth-order valence-electron chi connectivity index (χ4n) is 2.82. The molecule has 0 aliphatic carbocycles. The van der Waals surface area contributed by atoms with Gasteiger partial charge < -0.3 is 5.32 Å². The molecular weight excluding hydrogens is 230 g/mol. The van der Waals surface area contributed by atoms with Crippen LogP contribution in [0.5, 0.6) is 0 Å². The number of nitrogens with one attached hydrogen (secondary N) is 1. The number of hydrogen-bond acceptors (Lipinski definition) is 1. The van der Waals surface area contributed by atoms with E-state index in [0.717, 1.165) is 0 Å². The van der Waals surface area contributed by atoms with E-state index in [2.05, 4.69) is 67.7 Å². The molecule has 1 N–H and O–H groups in total. The van der Waals surface area contributed by atoms with E-state index >= 15 is 0 Å². The van der Waals surface area contributed by atoms with Gasteiger partial charge in [0.2, 0.25) is 0 Å². The third-order valence-corrected chi connectivity index (χ3v) is 4.03. The lowest BCUT2D eigenvalue weighted by molar-refractivity contribution is 0.666. The molecule has 98 valence electrons. The van der Waals surface area contributed by atoms with E-state index in [-0.39, 0.29) is 0 Å². The number of fused-ring (bicyclic) bond motifs is 1. The van der Waals surface area contributed by atoms with Gasteiger partial charge in [0.15, 0.2) is 0 Å². The summed E-state index contributed by atoms with van der Waals surface area (Å²) in [6.45, 7) is 4.51. The van der Waals surface area contributed by atoms with E-state index in [4.69, 9.17) is 0 Å². The van der Waals surface area contributed by atoms with Crippen LogP contribution in [0.25, 0.3) is 0 Å². The molecule has 0 aromatic heterocycles. The minimum atomic E-state index is 0.457. The van der Waals surface area contributed by atoms with E-state index in [1.54, 1.807) is 0 Å². The van der Waals surface area contributed by atoms with Gasteiger partial charge in [0.05, 0.1) is 6.04 Å². The number of aryl methyl sites for hydroxylation is 1. The molecule has 1 atom stereocenters. The van der Waals surface area contributed by atoms with Crippen LogP contribution < -0.4 is 5.32 Å². The molecule has 1 unspecified atom stereocenters. The summed E-state index contributed by atoms with van der Waals surface area (Å²) in [6, 6.07) is 18.1. The summed E-state index contributed by atoms with van der Waals surface area (Å²) in [6.07, 6.45) is 2.35. The van der Waals surface area contributed by atoms with Crippen molar-refractivity contribution >= 4 is 5.69 Å². The van der Waals surface area contributed by atoms with Gasteiger partial charge in [0.1, 0.15) is 0 Å². The monoisotopic (exact) mass is 251 g/mol. The highest BCUT2D eigenvalue weighted by molar-refractivity contribution is 5.56. The van der Waals surface area contributed by atoms with E-state index in [0.29, 0.717) is 12.0 Å². The van der Waals surface area contributed by atoms with Gasteiger partial charge in [0.25, 0.3) is 0 Å². The zero-order chi connectivity index (χ0) is 13.2. The minimum absolute atomic E-state index is 0.457. The topological polar surface area (TPSA) is 12.0 Å². The van der Waals surface area contributed by atoms with Gasteiger partial charge in [0, 0.05) is 5.69 Å². The predicted octanol–water partition coefficient (Wildman–Crippen LogP) is 4.91. The Hall–Kier alpha value is -1.76. The van der Waals surface area contributed by atoms with Crippen LogP contribution in [0, 0.1) is 0 Å². The largest absolute Gasteiger partial charge is 0.378 e. The van der Waals surface area contributed by atoms with Crippen LogP contribution in [-0.4, -0.2) is 0 Å². The van der Waals surface area contributed by atoms with Crippen molar-refractivity contribution in [2.24, 2.45) is 0 Å². The second-order valence-corrected chi connectivity index (χ2v) is 5.72. The summed E-state index contributed by atoms with van der Waals surface area (Å²) in [4.78, 5) is 0. The van der Waals surface area contributed by atoms with Gasteiger partial charge in [-0.15, -0.1) is 0 Å². The minimum Gasteiger partial charge on any atom is -0.378 e. The lowest BCUT2D eigenvalue weighted by Crippen LogP contribution is -2.18. The van der Waals surface area contributed by atoms with Gasteiger partial charge in [-0.25, -0.2) is 0 Å². The first-order valence-electron chi connectivity index (χ1n) is 7.18. The van der Waals surface area contributed by atoms with E-state index in [9.17, 15) is 0 Å². The number of hydrogen-bond donors (Lipinski definition) is 1. The van der Waals surface area contributed by atoms with Crippen LogP contribution >= 0.6 is 0 Å². The second-order valence-electron chi connectivity index (χ2n) is 5.72. The van der Waals surface area contributed by atoms with Gasteiger partial charge in [-0.05, 0) is 41.5 Å². The van der Waals surface area contributed by atoms with E-state index < -0.39 is 0 Å². The molecule has 0 bridgehead atoms. The average molecular weight is 251 g/mol. The standard InChI is InChI=1S/C18H21N/c1-13(2)15-8-10-18-16(12-15)9-11-17(19-18)14-6-4-3-5-7-14/h3-8,10,12-13,17,19H,9,11H2,1-2H3. The molecule has 3 rings (SSSR count). The summed E-state index contributed by atoms with van der Waals surface area (Å²) in [5.41, 5.74) is 5.61. The SMILES string of the molecule is CC(C)c1ccc2c(c1)CCC(c1ccccc1)N2. The third kappa shape index (κ3) is 2.51. The van der Waals surface area contributed by atoms with Gasteiger partial charge in [-0.2, -0.15) is 0 Å². The lowest BCUT2D eigenvalue weighted by Gasteiger charge is -2.28. The van der Waals surface area contributed by atoms with Crippen LogP contribution in [0.3, 0.4) is 0 Å². The maximum atomic E-state index is 3.68. The number of benzene rings is 2. The Kier molecular flexibility index (Phi) is 3.29. The average Bonchev–Trinajstić information content (AvgIpc) is 2.47. The second kappa shape index (κ2) is 5.08. The van der Waals surface area contributed by atoms with Crippen LogP contribution in [0.1, 0.15) is 48.9 Å². The van der Waals surface area contributed by atoms with Crippen LogP contribution in [0.2, 0.25) is 0 Å². The molecule has 1 heteroatoms. The lowest BCUT2D eigenvalue weighted by atomic mass is 9.91. The number of anilines is 1. The maximum Gasteiger partial charge on any atom is 0.0517 e. The van der Waals surface area contributed by atoms with Gasteiger partial charge in [-0.1, -0.05) is 56.3 Å². The first kappa shape index (κ1) is 12.3. The molecule has 0 radical (unpaired) electrons. The molecule has 0 fully saturated rings. The Labute approximate surface area is 115 Å². The predicted molar refractivity (Wildman–Crippen MR) is 81.7 cm³/mol. The maximum absolute atomic E-state index is 3.68. The number of rotatable bonds is 2. The Morgan fingerprint density at radius 3 is 2.58 bits per heavy atom. The molecule has 1 heterocycles. The van der Waals surface area contributed by atoms with Gasteiger partial charge >= 0.3 is 0 Å². The molecule has 2 aromatic carbocycles. The van der Waals surface area contributed by atoms with Crippen molar-refractivity contribution in [2.45, 2.75) is 38.6 Å². The summed E-state index contributed by atoms with van der Waals surface area (Å²) < 4.78 is 0. The van der Waals surface area contributed by atoms with Crippen molar-refractivity contribution in [1.29, 1.82) is 0 Å². The van der Waals surface area contributed by atoms with Crippen LogP contribution in [-0.2, 0) is 6.42 Å². The van der Waals surface area contributed by atoms with E-state index in [1.807, 2.05) is 0 Å². The highest BCUT2D eigenvalue weighted by Crippen LogP contribution is 2.34. The van der Waals surface area contributed by atoms with Crippen LogP contribution in [0.15, 0.2) is 48.5 Å². The van der Waals surface area contributed by atoms with Gasteiger partial charge in [-0.3, -0.25) is 0 Å². The van der Waals surface area contributed by atoms with E-state index in [1.165, 1.54) is 35.2 Å². The van der Waals surface area contributed by atoms with Crippen molar-refractivity contribution in [3.63, 3.8) is 0 Å². The molecule has 19 heavy (non-hydrogen) atoms. The summed E-state index contributed by atoms with van der Waals surface area (Å²) in [5, 5.41) is 3.68. The molecule has 0 saturated heterocycles. The highest BCUT2D eigenvalue weighted by Gasteiger charge is 2.19. The zero-order valence-corrected chi connectivity index (χ0v) is 11.7. The van der Waals surface area contributed by atoms with Crippen molar-refractivity contribution in [3.05, 3.63) is 65.2 Å². The Morgan fingerprint density at radius 2 is 1.84 bits per heavy atom. The Morgan fingerprint density at radius 1 is 1.05 bits per heavy atom. The molecule has 1 aliphatic heterocycles. The van der Waals surface area contributed by atoms with Crippen LogP contribution in [0.4, 0.5) is 5.69 Å². The zero-order valence-electron chi connectivity index (χ0n) is 11.7. The summed E-state index contributed by atoms with van der Waals surface area (Å²) in [5.74, 6) is 0.608. The van der Waals surface area contributed by atoms with Crippen molar-refractivity contribution in [1.82, 2.24) is 0 Å². The van der Waals surface area contributed by atoms with Crippen molar-refractivity contribution in [3.8, 4) is 0 Å².